The highest BCUT2D eigenvalue weighted by atomic mass is 16.4. The number of hydrogen-bond acceptors (Lipinski definition) is 5. The summed E-state index contributed by atoms with van der Waals surface area (Å²) in [5.74, 6) is -1.27. The molecule has 1 aliphatic carbocycles. The van der Waals surface area contributed by atoms with Crippen LogP contribution in [0.2, 0.25) is 6.32 Å². The van der Waals surface area contributed by atoms with Crippen molar-refractivity contribution in [3.8, 4) is 0 Å². The average molecular weight is 217 g/mol. The smallest absolute Gasteiger partial charge is 0.451 e. The third-order valence-electron chi connectivity index (χ3n) is 3.01. The largest absolute Gasteiger partial charge is 0.480 e. The normalized spacial score (nSPS) is 35.5. The Morgan fingerprint density at radius 1 is 1.53 bits per heavy atom. The maximum atomic E-state index is 10.8. The van der Waals surface area contributed by atoms with Gasteiger partial charge in [-0.3, -0.25) is 4.79 Å². The van der Waals surface area contributed by atoms with Crippen LogP contribution < -0.4 is 5.73 Å². The van der Waals surface area contributed by atoms with Gasteiger partial charge in [-0.1, -0.05) is 6.42 Å². The van der Waals surface area contributed by atoms with E-state index in [1.807, 2.05) is 0 Å². The number of aliphatic carboxylic acids is 1. The second kappa shape index (κ2) is 4.48. The molecule has 3 unspecified atom stereocenters. The standard InChI is InChI=1S/C8H16BNO5/c10-8(7(12)13)4-5(3-6(8)11)1-2-9(14)15/h5-6,11,14-15H,1-4,10H2,(H,12,13). The Hall–Kier alpha value is -0.625. The molecule has 15 heavy (non-hydrogen) atoms. The van der Waals surface area contributed by atoms with Crippen LogP contribution in [-0.4, -0.2) is 45.0 Å². The lowest BCUT2D eigenvalue weighted by atomic mass is 9.80. The van der Waals surface area contributed by atoms with Crippen molar-refractivity contribution in [1.82, 2.24) is 0 Å². The lowest BCUT2D eigenvalue weighted by Gasteiger charge is -2.22. The van der Waals surface area contributed by atoms with Crippen LogP contribution in [0.5, 0.6) is 0 Å². The Morgan fingerprint density at radius 2 is 2.13 bits per heavy atom. The molecule has 7 heteroatoms. The van der Waals surface area contributed by atoms with Gasteiger partial charge in [0.1, 0.15) is 5.54 Å². The number of carboxylic acids is 1. The minimum atomic E-state index is -1.58. The van der Waals surface area contributed by atoms with Crippen molar-refractivity contribution in [2.24, 2.45) is 11.7 Å². The first-order chi connectivity index (χ1) is 6.86. The van der Waals surface area contributed by atoms with E-state index in [4.69, 9.17) is 20.9 Å². The molecule has 6 N–H and O–H groups in total. The molecule has 0 aromatic carbocycles. The lowest BCUT2D eigenvalue weighted by Crippen LogP contribution is -2.53. The highest BCUT2D eigenvalue weighted by molar-refractivity contribution is 6.40. The minimum absolute atomic E-state index is 0.0668. The molecule has 1 saturated carbocycles. The number of carboxylic acid groups (broad SMARTS) is 1. The summed E-state index contributed by atoms with van der Waals surface area (Å²) in [5.41, 5.74) is 3.99. The molecule has 0 radical (unpaired) electrons. The molecule has 0 spiro atoms. The predicted octanol–water partition coefficient (Wildman–Crippen LogP) is -1.60. The molecule has 0 heterocycles. The lowest BCUT2D eigenvalue weighted by molar-refractivity contribution is -0.146. The number of aliphatic hydroxyl groups excluding tert-OH is 1. The molecule has 1 fully saturated rings. The number of hydrogen-bond donors (Lipinski definition) is 5. The van der Waals surface area contributed by atoms with Crippen LogP contribution in [0, 0.1) is 5.92 Å². The molecule has 0 amide bonds. The second-order valence-electron chi connectivity index (χ2n) is 4.23. The Bertz CT molecular complexity index is 249. The Morgan fingerprint density at radius 3 is 2.53 bits per heavy atom. The average Bonchev–Trinajstić information content (AvgIpc) is 2.41. The Kier molecular flexibility index (Phi) is 3.72. The van der Waals surface area contributed by atoms with Crippen LogP contribution in [0.1, 0.15) is 19.3 Å². The number of rotatable bonds is 4. The van der Waals surface area contributed by atoms with Crippen molar-refractivity contribution in [3.63, 3.8) is 0 Å². The van der Waals surface area contributed by atoms with Crippen molar-refractivity contribution in [1.29, 1.82) is 0 Å². The highest BCUT2D eigenvalue weighted by Gasteiger charge is 2.49. The van der Waals surface area contributed by atoms with E-state index in [1.54, 1.807) is 0 Å². The van der Waals surface area contributed by atoms with E-state index in [0.717, 1.165) is 0 Å². The summed E-state index contributed by atoms with van der Waals surface area (Å²) in [6, 6.07) is 0. The van der Waals surface area contributed by atoms with Crippen LogP contribution in [-0.2, 0) is 4.79 Å². The third kappa shape index (κ3) is 2.69. The summed E-state index contributed by atoms with van der Waals surface area (Å²) >= 11 is 0. The first kappa shape index (κ1) is 12.4. The zero-order chi connectivity index (χ0) is 11.6. The zero-order valence-corrected chi connectivity index (χ0v) is 8.33. The summed E-state index contributed by atoms with van der Waals surface area (Å²) in [7, 11) is -1.39. The number of aliphatic hydroxyl groups is 1. The van der Waals surface area contributed by atoms with Crippen molar-refractivity contribution in [2.75, 3.05) is 0 Å². The van der Waals surface area contributed by atoms with Gasteiger partial charge in [-0.2, -0.15) is 0 Å². The molecule has 1 aliphatic rings. The molecular formula is C8H16BNO5. The minimum Gasteiger partial charge on any atom is -0.480 e. The molecule has 86 valence electrons. The summed E-state index contributed by atoms with van der Waals surface area (Å²) in [5, 5.41) is 35.7. The first-order valence-corrected chi connectivity index (χ1v) is 4.92. The molecular weight excluding hydrogens is 201 g/mol. The molecule has 3 atom stereocenters. The van der Waals surface area contributed by atoms with Crippen LogP contribution in [0.25, 0.3) is 0 Å². The van der Waals surface area contributed by atoms with Gasteiger partial charge in [-0.05, 0) is 25.1 Å². The van der Waals surface area contributed by atoms with E-state index in [9.17, 15) is 9.90 Å². The van der Waals surface area contributed by atoms with Gasteiger partial charge in [0.15, 0.2) is 0 Å². The van der Waals surface area contributed by atoms with E-state index in [2.05, 4.69) is 0 Å². The van der Waals surface area contributed by atoms with Gasteiger partial charge in [0.2, 0.25) is 0 Å². The fraction of sp³-hybridized carbons (Fsp3) is 0.875. The highest BCUT2D eigenvalue weighted by Crippen LogP contribution is 2.36. The van der Waals surface area contributed by atoms with Crippen molar-refractivity contribution in [3.05, 3.63) is 0 Å². The fourth-order valence-corrected chi connectivity index (χ4v) is 2.06. The van der Waals surface area contributed by atoms with Gasteiger partial charge >= 0.3 is 13.1 Å². The first-order valence-electron chi connectivity index (χ1n) is 4.92. The van der Waals surface area contributed by atoms with Gasteiger partial charge < -0.3 is 26.0 Å². The van der Waals surface area contributed by atoms with E-state index < -0.39 is 24.7 Å². The van der Waals surface area contributed by atoms with Crippen LogP contribution in [0.15, 0.2) is 0 Å². The van der Waals surface area contributed by atoms with Crippen molar-refractivity contribution < 1.29 is 25.1 Å². The van der Waals surface area contributed by atoms with E-state index in [-0.39, 0.29) is 18.7 Å². The summed E-state index contributed by atoms with van der Waals surface area (Å²) in [6.07, 6.45) is 0.0515. The van der Waals surface area contributed by atoms with Gasteiger partial charge in [0, 0.05) is 0 Å². The summed E-state index contributed by atoms with van der Waals surface area (Å²) in [6.45, 7) is 0. The summed E-state index contributed by atoms with van der Waals surface area (Å²) < 4.78 is 0. The maximum absolute atomic E-state index is 10.8. The zero-order valence-electron chi connectivity index (χ0n) is 8.33. The quantitative estimate of drug-likeness (QED) is 0.361. The topological polar surface area (TPSA) is 124 Å². The van der Waals surface area contributed by atoms with E-state index in [1.165, 1.54) is 0 Å². The third-order valence-corrected chi connectivity index (χ3v) is 3.01. The molecule has 1 rings (SSSR count). The molecule has 0 aromatic rings. The number of nitrogens with two attached hydrogens (primary N) is 1. The Labute approximate surface area is 87.9 Å². The molecule has 0 aromatic heterocycles. The number of carbonyl (C=O) groups is 1. The molecule has 0 aliphatic heterocycles. The van der Waals surface area contributed by atoms with Crippen LogP contribution in [0.3, 0.4) is 0 Å². The molecule has 0 bridgehead atoms. The summed E-state index contributed by atoms with van der Waals surface area (Å²) in [4.78, 5) is 10.8. The van der Waals surface area contributed by atoms with Crippen LogP contribution in [0.4, 0.5) is 0 Å². The van der Waals surface area contributed by atoms with Crippen molar-refractivity contribution >= 4 is 13.1 Å². The van der Waals surface area contributed by atoms with E-state index in [0.29, 0.717) is 12.8 Å². The van der Waals surface area contributed by atoms with Gasteiger partial charge in [-0.25, -0.2) is 0 Å². The molecule has 0 saturated heterocycles. The second-order valence-corrected chi connectivity index (χ2v) is 4.23. The van der Waals surface area contributed by atoms with Gasteiger partial charge in [0.25, 0.3) is 0 Å². The molecule has 6 nitrogen and oxygen atoms in total. The monoisotopic (exact) mass is 217 g/mol. The van der Waals surface area contributed by atoms with Gasteiger partial charge in [0.05, 0.1) is 6.10 Å². The SMILES string of the molecule is NC1(C(=O)O)CC(CCB(O)O)CC1O. The maximum Gasteiger partial charge on any atom is 0.451 e. The Balaban J connectivity index is 2.52. The van der Waals surface area contributed by atoms with Crippen molar-refractivity contribution in [2.45, 2.75) is 37.2 Å². The van der Waals surface area contributed by atoms with Gasteiger partial charge in [-0.15, -0.1) is 0 Å². The van der Waals surface area contributed by atoms with E-state index >= 15 is 0 Å². The fourth-order valence-electron chi connectivity index (χ4n) is 2.06. The predicted molar refractivity (Wildman–Crippen MR) is 52.9 cm³/mol. The van der Waals surface area contributed by atoms with Crippen LogP contribution >= 0.6 is 0 Å².